The van der Waals surface area contributed by atoms with Crippen molar-refractivity contribution in [3.8, 4) is 11.5 Å². The molecule has 6 nitrogen and oxygen atoms in total. The molecular weight excluding hydrogens is 329 g/mol. The third kappa shape index (κ3) is 5.36. The second-order valence-electron chi connectivity index (χ2n) is 5.32. The Bertz CT molecular complexity index is 705. The average molecular weight is 349 g/mol. The van der Waals surface area contributed by atoms with E-state index in [4.69, 9.17) is 14.6 Å². The average Bonchev–Trinajstić information content (AvgIpc) is 2.61. The number of methoxy groups -OCH3 is 1. The quantitative estimate of drug-likeness (QED) is 0.711. The molecule has 0 fully saturated rings. The van der Waals surface area contributed by atoms with E-state index < -0.39 is 23.8 Å². The number of rotatable bonds is 7. The standard InChI is InChI=1S/C18H20FNO5/c1-24-14-7-5-13(6-8-14)20-18(23)25-17(3-2-10-21)12-4-9-16(22)15(19)11-12/h4-9,11,17,21-22H,2-3,10H2,1H3,(H,20,23)/t17-/m0/s1. The van der Waals surface area contributed by atoms with Gasteiger partial charge in [0, 0.05) is 12.3 Å². The van der Waals surface area contributed by atoms with Crippen LogP contribution < -0.4 is 10.1 Å². The first-order chi connectivity index (χ1) is 12.0. The van der Waals surface area contributed by atoms with E-state index in [1.807, 2.05) is 0 Å². The molecule has 1 amide bonds. The lowest BCUT2D eigenvalue weighted by Gasteiger charge is -2.19. The molecule has 0 spiro atoms. The summed E-state index contributed by atoms with van der Waals surface area (Å²) in [6.07, 6.45) is -0.762. The number of aliphatic hydroxyl groups is 1. The number of benzene rings is 2. The number of carbonyl (C=O) groups is 1. The molecule has 0 aliphatic rings. The van der Waals surface area contributed by atoms with Gasteiger partial charge >= 0.3 is 6.09 Å². The smallest absolute Gasteiger partial charge is 0.412 e. The van der Waals surface area contributed by atoms with E-state index in [1.54, 1.807) is 31.4 Å². The predicted molar refractivity (Wildman–Crippen MR) is 90.2 cm³/mol. The topological polar surface area (TPSA) is 88.0 Å². The lowest BCUT2D eigenvalue weighted by molar-refractivity contribution is 0.0992. The number of aromatic hydroxyl groups is 1. The molecular formula is C18H20FNO5. The molecule has 0 unspecified atom stereocenters. The lowest BCUT2D eigenvalue weighted by atomic mass is 10.0. The molecule has 0 saturated heterocycles. The monoisotopic (exact) mass is 349 g/mol. The number of hydrogen-bond donors (Lipinski definition) is 3. The summed E-state index contributed by atoms with van der Waals surface area (Å²) >= 11 is 0. The highest BCUT2D eigenvalue weighted by Crippen LogP contribution is 2.27. The van der Waals surface area contributed by atoms with E-state index in [0.29, 0.717) is 29.8 Å². The molecule has 2 aromatic rings. The van der Waals surface area contributed by atoms with E-state index in [1.165, 1.54) is 12.1 Å². The van der Waals surface area contributed by atoms with Crippen molar-refractivity contribution >= 4 is 11.8 Å². The molecule has 2 aromatic carbocycles. The van der Waals surface area contributed by atoms with E-state index in [9.17, 15) is 14.3 Å². The second-order valence-corrected chi connectivity index (χ2v) is 5.32. The first-order valence-electron chi connectivity index (χ1n) is 7.74. The minimum absolute atomic E-state index is 0.0828. The predicted octanol–water partition coefficient (Wildman–Crippen LogP) is 3.60. The number of phenolic OH excluding ortho intramolecular Hbond substituents is 1. The van der Waals surface area contributed by atoms with E-state index in [-0.39, 0.29) is 6.61 Å². The number of nitrogens with one attached hydrogen (secondary N) is 1. The van der Waals surface area contributed by atoms with E-state index >= 15 is 0 Å². The molecule has 2 rings (SSSR count). The van der Waals surface area contributed by atoms with Crippen LogP contribution in [0.15, 0.2) is 42.5 Å². The summed E-state index contributed by atoms with van der Waals surface area (Å²) in [5.74, 6) is -0.627. The van der Waals surface area contributed by atoms with Crippen LogP contribution in [-0.4, -0.2) is 30.0 Å². The summed E-state index contributed by atoms with van der Waals surface area (Å²) in [7, 11) is 1.54. The van der Waals surface area contributed by atoms with Gasteiger partial charge in [-0.2, -0.15) is 0 Å². The van der Waals surface area contributed by atoms with Crippen LogP contribution in [0.5, 0.6) is 11.5 Å². The fourth-order valence-corrected chi connectivity index (χ4v) is 2.24. The van der Waals surface area contributed by atoms with E-state index in [0.717, 1.165) is 6.07 Å². The molecule has 0 aromatic heterocycles. The largest absolute Gasteiger partial charge is 0.505 e. The van der Waals surface area contributed by atoms with Gasteiger partial charge in [0.1, 0.15) is 11.9 Å². The van der Waals surface area contributed by atoms with Crippen LogP contribution in [0.3, 0.4) is 0 Å². The number of halogens is 1. The molecule has 0 bridgehead atoms. The SMILES string of the molecule is COc1ccc(NC(=O)O[C@@H](CCCO)c2ccc(O)c(F)c2)cc1. The van der Waals surface area contributed by atoms with Crippen molar-refractivity contribution in [2.75, 3.05) is 19.0 Å². The number of hydrogen-bond acceptors (Lipinski definition) is 5. The number of carbonyl (C=O) groups excluding carboxylic acids is 1. The van der Waals surface area contributed by atoms with Crippen LogP contribution in [0.25, 0.3) is 0 Å². The minimum atomic E-state index is -0.800. The second kappa shape index (κ2) is 8.89. The summed E-state index contributed by atoms with van der Waals surface area (Å²) in [5.41, 5.74) is 0.914. The molecule has 7 heteroatoms. The van der Waals surface area contributed by atoms with Gasteiger partial charge in [0.2, 0.25) is 0 Å². The van der Waals surface area contributed by atoms with Gasteiger partial charge in [0.25, 0.3) is 0 Å². The maximum Gasteiger partial charge on any atom is 0.412 e. The van der Waals surface area contributed by atoms with Crippen molar-refractivity contribution in [3.05, 3.63) is 53.8 Å². The van der Waals surface area contributed by atoms with Gasteiger partial charge in [-0.25, -0.2) is 9.18 Å². The Morgan fingerprint density at radius 3 is 2.56 bits per heavy atom. The number of ether oxygens (including phenoxy) is 2. The molecule has 0 aliphatic heterocycles. The van der Waals surface area contributed by atoms with Crippen LogP contribution in [0, 0.1) is 5.82 Å². The van der Waals surface area contributed by atoms with Crippen LogP contribution >= 0.6 is 0 Å². The third-order valence-electron chi connectivity index (χ3n) is 3.55. The van der Waals surface area contributed by atoms with Gasteiger partial charge in [-0.1, -0.05) is 6.07 Å². The Balaban J connectivity index is 2.06. The zero-order valence-electron chi connectivity index (χ0n) is 13.7. The zero-order valence-corrected chi connectivity index (χ0v) is 13.7. The Morgan fingerprint density at radius 1 is 1.24 bits per heavy atom. The van der Waals surface area contributed by atoms with E-state index in [2.05, 4.69) is 5.32 Å². The van der Waals surface area contributed by atoms with Crippen molar-refractivity contribution in [2.45, 2.75) is 18.9 Å². The number of anilines is 1. The summed E-state index contributed by atoms with van der Waals surface area (Å²) in [6, 6.07) is 10.5. The van der Waals surface area contributed by atoms with Gasteiger partial charge in [-0.3, -0.25) is 5.32 Å². The van der Waals surface area contributed by atoms with Crippen molar-refractivity contribution in [3.63, 3.8) is 0 Å². The highest BCUT2D eigenvalue weighted by Gasteiger charge is 2.18. The normalized spacial score (nSPS) is 11.6. The zero-order chi connectivity index (χ0) is 18.2. The van der Waals surface area contributed by atoms with Gasteiger partial charge in [-0.05, 0) is 54.8 Å². The number of amides is 1. The Labute approximate surface area is 144 Å². The maximum atomic E-state index is 13.6. The first kappa shape index (κ1) is 18.5. The summed E-state index contributed by atoms with van der Waals surface area (Å²) in [4.78, 5) is 12.1. The fraction of sp³-hybridized carbons (Fsp3) is 0.278. The van der Waals surface area contributed by atoms with Gasteiger partial charge in [-0.15, -0.1) is 0 Å². The molecule has 3 N–H and O–H groups in total. The molecule has 134 valence electrons. The summed E-state index contributed by atoms with van der Waals surface area (Å²) in [5, 5.41) is 20.8. The molecule has 25 heavy (non-hydrogen) atoms. The molecule has 1 atom stereocenters. The first-order valence-corrected chi connectivity index (χ1v) is 7.74. The van der Waals surface area contributed by atoms with Crippen LogP contribution in [0.2, 0.25) is 0 Å². The highest BCUT2D eigenvalue weighted by molar-refractivity contribution is 5.84. The molecule has 0 heterocycles. The van der Waals surface area contributed by atoms with Gasteiger partial charge in [0.05, 0.1) is 7.11 Å². The highest BCUT2D eigenvalue weighted by atomic mass is 19.1. The summed E-state index contributed by atoms with van der Waals surface area (Å²) < 4.78 is 23.9. The molecule has 0 saturated carbocycles. The van der Waals surface area contributed by atoms with Gasteiger partial charge in [0.15, 0.2) is 11.6 Å². The third-order valence-corrected chi connectivity index (χ3v) is 3.55. The molecule has 0 radical (unpaired) electrons. The van der Waals surface area contributed by atoms with Crippen LogP contribution in [0.4, 0.5) is 14.9 Å². The van der Waals surface area contributed by atoms with Crippen molar-refractivity contribution in [2.24, 2.45) is 0 Å². The Kier molecular flexibility index (Phi) is 6.59. The Hall–Kier alpha value is -2.80. The summed E-state index contributed by atoms with van der Waals surface area (Å²) in [6.45, 7) is -0.0828. The van der Waals surface area contributed by atoms with Crippen LogP contribution in [0.1, 0.15) is 24.5 Å². The molecule has 0 aliphatic carbocycles. The number of aliphatic hydroxyl groups excluding tert-OH is 1. The fourth-order valence-electron chi connectivity index (χ4n) is 2.24. The Morgan fingerprint density at radius 2 is 1.96 bits per heavy atom. The minimum Gasteiger partial charge on any atom is -0.505 e. The lowest BCUT2D eigenvalue weighted by Crippen LogP contribution is -2.18. The van der Waals surface area contributed by atoms with Crippen LogP contribution in [-0.2, 0) is 4.74 Å². The van der Waals surface area contributed by atoms with Crippen molar-refractivity contribution < 1.29 is 28.9 Å². The number of phenols is 1. The van der Waals surface area contributed by atoms with Crippen molar-refractivity contribution in [1.82, 2.24) is 0 Å². The van der Waals surface area contributed by atoms with Crippen molar-refractivity contribution in [1.29, 1.82) is 0 Å². The van der Waals surface area contributed by atoms with Gasteiger partial charge < -0.3 is 19.7 Å². The maximum absolute atomic E-state index is 13.6.